The molecule has 3 N–H and O–H groups in total. The Balaban J connectivity index is 2.26. The zero-order valence-corrected chi connectivity index (χ0v) is 12.7. The first-order valence-corrected chi connectivity index (χ1v) is 6.93. The van der Waals surface area contributed by atoms with Crippen LogP contribution in [0.1, 0.15) is 17.4 Å². The van der Waals surface area contributed by atoms with Gasteiger partial charge in [0.2, 0.25) is 0 Å². The minimum Gasteiger partial charge on any atom is -0.455 e. The predicted octanol–water partition coefficient (Wildman–Crippen LogP) is 3.51. The molecule has 0 bridgehead atoms. The Kier molecular flexibility index (Phi) is 4.88. The average molecular weight is 326 g/mol. The molecule has 0 saturated carbocycles. The summed E-state index contributed by atoms with van der Waals surface area (Å²) in [5.41, 5.74) is 6.43. The molecule has 1 amide bonds. The number of amides is 1. The van der Waals surface area contributed by atoms with Gasteiger partial charge in [0.15, 0.2) is 5.75 Å². The number of halogens is 2. The molecular weight excluding hydrogens is 313 g/mol. The highest BCUT2D eigenvalue weighted by molar-refractivity contribution is 6.42. The van der Waals surface area contributed by atoms with Crippen molar-refractivity contribution in [1.29, 1.82) is 0 Å². The lowest BCUT2D eigenvalue weighted by Gasteiger charge is -2.10. The molecule has 0 radical (unpaired) electrons. The summed E-state index contributed by atoms with van der Waals surface area (Å²) in [6, 6.07) is 6.16. The van der Waals surface area contributed by atoms with Gasteiger partial charge in [0.05, 0.1) is 15.7 Å². The van der Waals surface area contributed by atoms with Crippen LogP contribution in [0.2, 0.25) is 10.0 Å². The second kappa shape index (κ2) is 6.65. The van der Waals surface area contributed by atoms with Crippen molar-refractivity contribution in [2.45, 2.75) is 6.92 Å². The minimum atomic E-state index is -0.273. The number of carbonyl (C=O) groups excluding carboxylic acids is 1. The van der Waals surface area contributed by atoms with E-state index in [1.807, 2.05) is 6.92 Å². The third kappa shape index (κ3) is 3.77. The van der Waals surface area contributed by atoms with Gasteiger partial charge in [-0.1, -0.05) is 23.2 Å². The Morgan fingerprint density at radius 2 is 2.05 bits per heavy atom. The molecule has 110 valence electrons. The van der Waals surface area contributed by atoms with E-state index < -0.39 is 0 Å². The number of anilines is 1. The summed E-state index contributed by atoms with van der Waals surface area (Å²) in [5.74, 6) is 0.513. The number of nitrogen functional groups attached to an aromatic ring is 1. The molecule has 21 heavy (non-hydrogen) atoms. The lowest BCUT2D eigenvalue weighted by molar-refractivity contribution is 0.0950. The minimum absolute atomic E-state index is 0.257. The third-order valence-electron chi connectivity index (χ3n) is 2.58. The van der Waals surface area contributed by atoms with Gasteiger partial charge in [0.1, 0.15) is 11.4 Å². The Labute approximate surface area is 132 Å². The van der Waals surface area contributed by atoms with E-state index >= 15 is 0 Å². The van der Waals surface area contributed by atoms with Gasteiger partial charge in [0, 0.05) is 24.9 Å². The number of ether oxygens (including phenoxy) is 1. The smallest absolute Gasteiger partial charge is 0.270 e. The van der Waals surface area contributed by atoms with Crippen molar-refractivity contribution in [3.8, 4) is 11.5 Å². The van der Waals surface area contributed by atoms with Gasteiger partial charge in [-0.3, -0.25) is 9.78 Å². The maximum absolute atomic E-state index is 11.7. The highest BCUT2D eigenvalue weighted by Crippen LogP contribution is 2.35. The van der Waals surface area contributed by atoms with Crippen molar-refractivity contribution in [2.24, 2.45) is 0 Å². The van der Waals surface area contributed by atoms with Crippen LogP contribution in [0.3, 0.4) is 0 Å². The summed E-state index contributed by atoms with van der Waals surface area (Å²) < 4.78 is 5.63. The highest BCUT2D eigenvalue weighted by atomic mass is 35.5. The van der Waals surface area contributed by atoms with Gasteiger partial charge in [0.25, 0.3) is 5.91 Å². The van der Waals surface area contributed by atoms with Crippen molar-refractivity contribution in [1.82, 2.24) is 10.3 Å². The van der Waals surface area contributed by atoms with E-state index in [2.05, 4.69) is 10.3 Å². The Hall–Kier alpha value is -1.98. The van der Waals surface area contributed by atoms with Gasteiger partial charge >= 0.3 is 0 Å². The predicted molar refractivity (Wildman–Crippen MR) is 83.2 cm³/mol. The van der Waals surface area contributed by atoms with Crippen LogP contribution < -0.4 is 15.8 Å². The Bertz CT molecular complexity index is 677. The zero-order chi connectivity index (χ0) is 15.4. The number of pyridine rings is 1. The van der Waals surface area contributed by atoms with Crippen LogP contribution in [0.25, 0.3) is 0 Å². The summed E-state index contributed by atoms with van der Waals surface area (Å²) in [6.07, 6.45) is 1.48. The summed E-state index contributed by atoms with van der Waals surface area (Å²) in [4.78, 5) is 15.7. The second-order valence-electron chi connectivity index (χ2n) is 4.14. The second-order valence-corrected chi connectivity index (χ2v) is 4.96. The van der Waals surface area contributed by atoms with Crippen LogP contribution >= 0.6 is 23.2 Å². The molecule has 0 fully saturated rings. The number of benzene rings is 1. The summed E-state index contributed by atoms with van der Waals surface area (Å²) in [6.45, 7) is 2.35. The largest absolute Gasteiger partial charge is 0.455 e. The number of carbonyl (C=O) groups is 1. The molecule has 1 heterocycles. The van der Waals surface area contributed by atoms with Gasteiger partial charge in [-0.05, 0) is 19.1 Å². The molecule has 1 aromatic carbocycles. The monoisotopic (exact) mass is 325 g/mol. The van der Waals surface area contributed by atoms with Gasteiger partial charge in [-0.25, -0.2) is 0 Å². The average Bonchev–Trinajstić information content (AvgIpc) is 2.45. The number of hydrogen-bond donors (Lipinski definition) is 2. The van der Waals surface area contributed by atoms with E-state index in [1.54, 1.807) is 6.07 Å². The van der Waals surface area contributed by atoms with Gasteiger partial charge < -0.3 is 15.8 Å². The molecule has 0 atom stereocenters. The molecule has 0 spiro atoms. The maximum atomic E-state index is 11.7. The maximum Gasteiger partial charge on any atom is 0.270 e. The van der Waals surface area contributed by atoms with Crippen molar-refractivity contribution < 1.29 is 9.53 Å². The molecule has 0 aliphatic rings. The quantitative estimate of drug-likeness (QED) is 0.843. The standard InChI is InChI=1S/C14H13Cl2N3O2/c1-2-18-14(20)12-5-8(3-4-19-12)21-13-7-10(16)9(15)6-11(13)17/h3-7H,2,17H2,1H3,(H,18,20). The topological polar surface area (TPSA) is 77.2 Å². The molecule has 0 unspecified atom stereocenters. The SMILES string of the molecule is CCNC(=O)c1cc(Oc2cc(Cl)c(Cl)cc2N)ccn1. The van der Waals surface area contributed by atoms with Crippen molar-refractivity contribution in [2.75, 3.05) is 12.3 Å². The third-order valence-corrected chi connectivity index (χ3v) is 3.30. The number of rotatable bonds is 4. The lowest BCUT2D eigenvalue weighted by atomic mass is 10.3. The van der Waals surface area contributed by atoms with Crippen LogP contribution in [0.4, 0.5) is 5.69 Å². The molecular formula is C14H13Cl2N3O2. The highest BCUT2D eigenvalue weighted by Gasteiger charge is 2.10. The van der Waals surface area contributed by atoms with Crippen molar-refractivity contribution >= 4 is 34.8 Å². The molecule has 7 heteroatoms. The van der Waals surface area contributed by atoms with E-state index in [-0.39, 0.29) is 11.6 Å². The van der Waals surface area contributed by atoms with E-state index in [0.717, 1.165) is 0 Å². The van der Waals surface area contributed by atoms with E-state index in [9.17, 15) is 4.79 Å². The molecule has 1 aromatic heterocycles. The van der Waals surface area contributed by atoms with Crippen LogP contribution in [0.5, 0.6) is 11.5 Å². The number of nitrogens with two attached hydrogens (primary N) is 1. The fourth-order valence-corrected chi connectivity index (χ4v) is 1.94. The fourth-order valence-electron chi connectivity index (χ4n) is 1.61. The molecule has 0 aliphatic carbocycles. The first-order valence-electron chi connectivity index (χ1n) is 6.18. The number of nitrogens with one attached hydrogen (secondary N) is 1. The summed E-state index contributed by atoms with van der Waals surface area (Å²) in [5, 5.41) is 3.34. The van der Waals surface area contributed by atoms with Crippen LogP contribution in [0.15, 0.2) is 30.5 Å². The number of nitrogens with zero attached hydrogens (tertiary/aromatic N) is 1. The summed E-state index contributed by atoms with van der Waals surface area (Å²) >= 11 is 11.8. The Morgan fingerprint density at radius 3 is 2.76 bits per heavy atom. The van der Waals surface area contributed by atoms with E-state index in [0.29, 0.717) is 33.8 Å². The number of hydrogen-bond acceptors (Lipinski definition) is 4. The molecule has 2 aromatic rings. The number of aromatic nitrogens is 1. The lowest BCUT2D eigenvalue weighted by Crippen LogP contribution is -2.23. The van der Waals surface area contributed by atoms with Crippen molar-refractivity contribution in [3.63, 3.8) is 0 Å². The van der Waals surface area contributed by atoms with Crippen LogP contribution in [0, 0.1) is 0 Å². The molecule has 5 nitrogen and oxygen atoms in total. The van der Waals surface area contributed by atoms with Gasteiger partial charge in [-0.2, -0.15) is 0 Å². The zero-order valence-electron chi connectivity index (χ0n) is 11.2. The van der Waals surface area contributed by atoms with Crippen molar-refractivity contribution in [3.05, 3.63) is 46.2 Å². The molecule has 0 saturated heterocycles. The first-order chi connectivity index (χ1) is 10.0. The van der Waals surface area contributed by atoms with Crippen LogP contribution in [-0.4, -0.2) is 17.4 Å². The Morgan fingerprint density at radius 1 is 1.33 bits per heavy atom. The molecule has 2 rings (SSSR count). The van der Waals surface area contributed by atoms with Crippen LogP contribution in [-0.2, 0) is 0 Å². The first kappa shape index (κ1) is 15.4. The summed E-state index contributed by atoms with van der Waals surface area (Å²) in [7, 11) is 0. The normalized spacial score (nSPS) is 10.2. The molecule has 0 aliphatic heterocycles. The van der Waals surface area contributed by atoms with E-state index in [4.69, 9.17) is 33.7 Å². The van der Waals surface area contributed by atoms with E-state index in [1.165, 1.54) is 24.4 Å². The fraction of sp³-hybridized carbons (Fsp3) is 0.143. The van der Waals surface area contributed by atoms with Gasteiger partial charge in [-0.15, -0.1) is 0 Å².